The number of hydrogen-bond acceptors (Lipinski definition) is 5. The quantitative estimate of drug-likeness (QED) is 0.458. The molecular weight excluding hydrogens is 316 g/mol. The molecule has 8 heteroatoms. The van der Waals surface area contributed by atoms with E-state index in [4.69, 9.17) is 10.8 Å². The van der Waals surface area contributed by atoms with Crippen LogP contribution in [0.1, 0.15) is 14.8 Å². The number of esters is 1. The summed E-state index contributed by atoms with van der Waals surface area (Å²) in [6.45, 7) is 0. The Hall–Kier alpha value is -1.15. The number of aliphatic carboxylic acids is 1. The average molecular weight is 336 g/mol. The molecular formula is C14H20CaN2O5. The molecule has 0 fully saturated rings. The van der Waals surface area contributed by atoms with Crippen LogP contribution in [0.25, 0.3) is 0 Å². The predicted octanol–water partition coefficient (Wildman–Crippen LogP) is -0.467. The summed E-state index contributed by atoms with van der Waals surface area (Å²) in [6, 6.07) is 6.93. The van der Waals surface area contributed by atoms with Crippen molar-refractivity contribution in [3.05, 3.63) is 35.9 Å². The summed E-state index contributed by atoms with van der Waals surface area (Å²) < 4.78 is 4.64. The minimum Gasteiger partial charge on any atom is -1.00 e. The summed E-state index contributed by atoms with van der Waals surface area (Å²) >= 11 is 0. The SMILES string of the molecule is COC(=O)C(Cc1ccccc1)NC(=O)C(N)CC(=O)O.[Ca+2].[H-].[H-]. The maximum Gasteiger partial charge on any atom is 2.00 e. The molecule has 0 heterocycles. The number of carboxylic acid groups (broad SMARTS) is 1. The molecule has 1 aromatic rings. The topological polar surface area (TPSA) is 119 Å². The Balaban J connectivity index is -0.00000147. The Morgan fingerprint density at radius 2 is 1.91 bits per heavy atom. The van der Waals surface area contributed by atoms with Crippen LogP contribution in [-0.4, -0.2) is 79.9 Å². The summed E-state index contributed by atoms with van der Waals surface area (Å²) in [7, 11) is 1.21. The van der Waals surface area contributed by atoms with Crippen LogP contribution >= 0.6 is 0 Å². The minimum atomic E-state index is -1.22. The number of rotatable bonds is 7. The zero-order valence-electron chi connectivity index (χ0n) is 14.3. The smallest absolute Gasteiger partial charge is 1.00 e. The Bertz CT molecular complexity index is 519. The number of nitrogens with two attached hydrogens (primary N) is 1. The molecule has 4 N–H and O–H groups in total. The van der Waals surface area contributed by atoms with Crippen LogP contribution in [0.2, 0.25) is 0 Å². The Kier molecular flexibility index (Phi) is 10.0. The second-order valence-corrected chi connectivity index (χ2v) is 4.48. The fraction of sp³-hybridized carbons (Fsp3) is 0.357. The molecule has 7 nitrogen and oxygen atoms in total. The van der Waals surface area contributed by atoms with Crippen molar-refractivity contribution < 1.29 is 27.1 Å². The summed E-state index contributed by atoms with van der Waals surface area (Å²) in [6.07, 6.45) is -0.274. The first-order valence-corrected chi connectivity index (χ1v) is 6.33. The first-order valence-electron chi connectivity index (χ1n) is 6.33. The van der Waals surface area contributed by atoms with E-state index in [-0.39, 0.29) is 47.0 Å². The Morgan fingerprint density at radius 1 is 1.32 bits per heavy atom. The number of ether oxygens (including phenoxy) is 1. The van der Waals surface area contributed by atoms with Gasteiger partial charge in [0.25, 0.3) is 0 Å². The van der Waals surface area contributed by atoms with Gasteiger partial charge in [0.15, 0.2) is 0 Å². The number of carbonyl (C=O) groups excluding carboxylic acids is 2. The Labute approximate surface area is 161 Å². The molecule has 1 rings (SSSR count). The van der Waals surface area contributed by atoms with Gasteiger partial charge in [-0.1, -0.05) is 30.3 Å². The van der Waals surface area contributed by atoms with E-state index >= 15 is 0 Å². The van der Waals surface area contributed by atoms with Gasteiger partial charge in [0.2, 0.25) is 5.91 Å². The van der Waals surface area contributed by atoms with Crippen LogP contribution < -0.4 is 11.1 Å². The number of nitrogens with one attached hydrogen (secondary N) is 1. The predicted molar refractivity (Wildman–Crippen MR) is 82.3 cm³/mol. The van der Waals surface area contributed by atoms with Gasteiger partial charge in [0, 0.05) is 6.42 Å². The molecule has 0 aromatic heterocycles. The number of carbonyl (C=O) groups is 3. The van der Waals surface area contributed by atoms with E-state index in [1.807, 2.05) is 18.2 Å². The summed E-state index contributed by atoms with van der Waals surface area (Å²) in [5.74, 6) is -2.51. The van der Waals surface area contributed by atoms with Gasteiger partial charge in [0.05, 0.1) is 19.6 Å². The van der Waals surface area contributed by atoms with Crippen molar-refractivity contribution in [2.75, 3.05) is 7.11 Å². The van der Waals surface area contributed by atoms with Gasteiger partial charge in [-0.05, 0) is 5.56 Å². The van der Waals surface area contributed by atoms with Crippen molar-refractivity contribution in [3.8, 4) is 0 Å². The van der Waals surface area contributed by atoms with Crippen LogP contribution in [0.3, 0.4) is 0 Å². The van der Waals surface area contributed by atoms with E-state index in [1.165, 1.54) is 7.11 Å². The fourth-order valence-electron chi connectivity index (χ4n) is 1.74. The zero-order valence-corrected chi connectivity index (χ0v) is 14.5. The van der Waals surface area contributed by atoms with Gasteiger partial charge in [-0.2, -0.15) is 0 Å². The van der Waals surface area contributed by atoms with Crippen LogP contribution in [-0.2, 0) is 25.5 Å². The monoisotopic (exact) mass is 336 g/mol. The van der Waals surface area contributed by atoms with Gasteiger partial charge < -0.3 is 23.7 Å². The molecule has 0 aliphatic rings. The first-order chi connectivity index (χ1) is 9.93. The molecule has 0 saturated heterocycles. The number of carboxylic acids is 1. The van der Waals surface area contributed by atoms with Crippen molar-refractivity contribution in [2.24, 2.45) is 5.73 Å². The minimum absolute atomic E-state index is 0. The molecule has 0 spiro atoms. The van der Waals surface area contributed by atoms with Crippen LogP contribution in [0.15, 0.2) is 30.3 Å². The molecule has 0 aliphatic heterocycles. The molecule has 118 valence electrons. The molecule has 1 amide bonds. The normalized spacial score (nSPS) is 12.5. The summed E-state index contributed by atoms with van der Waals surface area (Å²) in [5, 5.41) is 11.0. The van der Waals surface area contributed by atoms with E-state index in [0.29, 0.717) is 0 Å². The zero-order chi connectivity index (χ0) is 15.8. The van der Waals surface area contributed by atoms with Crippen molar-refractivity contribution in [3.63, 3.8) is 0 Å². The molecule has 2 unspecified atom stereocenters. The number of amides is 1. The number of hydrogen-bond donors (Lipinski definition) is 3. The van der Waals surface area contributed by atoms with Crippen molar-refractivity contribution in [1.29, 1.82) is 0 Å². The van der Waals surface area contributed by atoms with E-state index < -0.39 is 36.4 Å². The number of benzene rings is 1. The van der Waals surface area contributed by atoms with Gasteiger partial charge in [-0.15, -0.1) is 0 Å². The molecule has 0 aliphatic carbocycles. The van der Waals surface area contributed by atoms with Crippen LogP contribution in [0.4, 0.5) is 0 Å². The summed E-state index contributed by atoms with van der Waals surface area (Å²) in [4.78, 5) is 34.0. The average Bonchev–Trinajstić information content (AvgIpc) is 2.46. The Morgan fingerprint density at radius 3 is 2.41 bits per heavy atom. The molecule has 0 saturated carbocycles. The van der Waals surface area contributed by atoms with E-state index in [0.717, 1.165) is 5.56 Å². The largest absolute Gasteiger partial charge is 2.00 e. The fourth-order valence-corrected chi connectivity index (χ4v) is 1.74. The van der Waals surface area contributed by atoms with E-state index in [2.05, 4.69) is 10.1 Å². The molecule has 1 aromatic carbocycles. The van der Waals surface area contributed by atoms with Gasteiger partial charge in [0.1, 0.15) is 6.04 Å². The first kappa shape index (κ1) is 20.8. The summed E-state index contributed by atoms with van der Waals surface area (Å²) in [5.41, 5.74) is 6.29. The third-order valence-electron chi connectivity index (χ3n) is 2.82. The molecule has 2 atom stereocenters. The van der Waals surface area contributed by atoms with Crippen molar-refractivity contribution >= 4 is 55.6 Å². The van der Waals surface area contributed by atoms with E-state index in [9.17, 15) is 14.4 Å². The van der Waals surface area contributed by atoms with E-state index in [1.54, 1.807) is 12.1 Å². The number of methoxy groups -OCH3 is 1. The molecule has 0 radical (unpaired) electrons. The standard InChI is InChI=1S/C14H18N2O5.Ca.2H/c1-21-14(20)11(7-9-5-3-2-4-6-9)16-13(19)10(15)8-12(17)18;;;/h2-6,10-11H,7-8,15H2,1H3,(H,16,19)(H,17,18);;;/q;+2;2*-1. The molecule has 22 heavy (non-hydrogen) atoms. The van der Waals surface area contributed by atoms with Crippen molar-refractivity contribution in [1.82, 2.24) is 5.32 Å². The maximum atomic E-state index is 11.8. The van der Waals surface area contributed by atoms with Gasteiger partial charge in [-0.3, -0.25) is 9.59 Å². The second kappa shape index (κ2) is 10.6. The molecule has 0 bridgehead atoms. The van der Waals surface area contributed by atoms with Crippen LogP contribution in [0.5, 0.6) is 0 Å². The third-order valence-corrected chi connectivity index (χ3v) is 2.82. The van der Waals surface area contributed by atoms with Gasteiger partial charge in [-0.25, -0.2) is 4.79 Å². The second-order valence-electron chi connectivity index (χ2n) is 4.48. The van der Waals surface area contributed by atoms with Crippen LogP contribution in [0, 0.1) is 0 Å². The van der Waals surface area contributed by atoms with Crippen molar-refractivity contribution in [2.45, 2.75) is 24.9 Å². The van der Waals surface area contributed by atoms with Gasteiger partial charge >= 0.3 is 49.7 Å². The third kappa shape index (κ3) is 7.22. The maximum absolute atomic E-state index is 11.8.